The lowest BCUT2D eigenvalue weighted by atomic mass is 10.2. The maximum atomic E-state index is 11.8. The van der Waals surface area contributed by atoms with E-state index < -0.39 is 0 Å². The maximum absolute atomic E-state index is 11.8. The highest BCUT2D eigenvalue weighted by Gasteiger charge is 2.20. The van der Waals surface area contributed by atoms with E-state index in [1.54, 1.807) is 6.33 Å². The minimum absolute atomic E-state index is 0.223. The fourth-order valence-corrected chi connectivity index (χ4v) is 4.15. The second-order valence-corrected chi connectivity index (χ2v) is 8.62. The van der Waals surface area contributed by atoms with Gasteiger partial charge in [0.1, 0.15) is 0 Å². The van der Waals surface area contributed by atoms with Crippen LogP contribution in [0.25, 0.3) is 11.2 Å². The van der Waals surface area contributed by atoms with Gasteiger partial charge in [0.15, 0.2) is 28.5 Å². The molecule has 5 rings (SSSR count). The summed E-state index contributed by atoms with van der Waals surface area (Å²) in [4.78, 5) is 27.8. The second kappa shape index (κ2) is 9.13. The van der Waals surface area contributed by atoms with Crippen molar-refractivity contribution in [1.82, 2.24) is 24.4 Å². The first kappa shape index (κ1) is 21.3. The van der Waals surface area contributed by atoms with Crippen molar-refractivity contribution in [2.24, 2.45) is 0 Å². The van der Waals surface area contributed by atoms with E-state index in [-0.39, 0.29) is 18.7 Å². The number of ether oxygens (including phenoxy) is 2. The van der Waals surface area contributed by atoms with E-state index in [1.165, 1.54) is 0 Å². The smallest absolute Gasteiger partial charge is 0.231 e. The fraction of sp³-hybridized carbons (Fsp3) is 0.478. The van der Waals surface area contributed by atoms with E-state index in [4.69, 9.17) is 19.4 Å². The number of fused-ring (bicyclic) bond motifs is 2. The summed E-state index contributed by atoms with van der Waals surface area (Å²) in [6, 6.07) is 6.09. The Kier molecular flexibility index (Phi) is 5.89. The molecular formula is C23H29N7O3. The van der Waals surface area contributed by atoms with Crippen LogP contribution in [-0.4, -0.2) is 56.8 Å². The third-order valence-electron chi connectivity index (χ3n) is 5.93. The monoisotopic (exact) mass is 451 g/mol. The van der Waals surface area contributed by atoms with Crippen molar-refractivity contribution in [3.63, 3.8) is 0 Å². The largest absolute Gasteiger partial charge is 0.454 e. The van der Waals surface area contributed by atoms with Gasteiger partial charge in [-0.15, -0.1) is 0 Å². The predicted octanol–water partition coefficient (Wildman–Crippen LogP) is 3.17. The molecule has 1 amide bonds. The molecule has 3 aromatic rings. The van der Waals surface area contributed by atoms with Gasteiger partial charge < -0.3 is 29.6 Å². The van der Waals surface area contributed by atoms with Crippen molar-refractivity contribution in [2.75, 3.05) is 37.1 Å². The van der Waals surface area contributed by atoms with Crippen molar-refractivity contribution in [2.45, 2.75) is 45.7 Å². The Morgan fingerprint density at radius 3 is 2.85 bits per heavy atom. The standard InChI is InChI=1S/C23H29N7O3/c1-15(2)30-13-26-20-21(24-8-4-10-29-9-3-5-19(29)31)27-23(28-22(20)30)25-12-16-6-7-17-18(11-16)33-14-32-17/h6-7,11,13,15H,3-5,8-10,12,14H2,1-2H3,(H2,24,25,27,28). The Labute approximate surface area is 192 Å². The average molecular weight is 452 g/mol. The predicted molar refractivity (Wildman–Crippen MR) is 125 cm³/mol. The lowest BCUT2D eigenvalue weighted by Gasteiger charge is -2.16. The fourth-order valence-electron chi connectivity index (χ4n) is 4.15. The second-order valence-electron chi connectivity index (χ2n) is 8.62. The average Bonchev–Trinajstić information content (AvgIpc) is 3.54. The van der Waals surface area contributed by atoms with Gasteiger partial charge in [-0.1, -0.05) is 6.07 Å². The number of aromatic nitrogens is 4. The van der Waals surface area contributed by atoms with Gasteiger partial charge in [0.25, 0.3) is 0 Å². The minimum Gasteiger partial charge on any atom is -0.454 e. The number of likely N-dealkylation sites (tertiary alicyclic amines) is 1. The maximum Gasteiger partial charge on any atom is 0.231 e. The van der Waals surface area contributed by atoms with E-state index in [0.29, 0.717) is 31.3 Å². The van der Waals surface area contributed by atoms with E-state index in [2.05, 4.69) is 29.5 Å². The highest BCUT2D eigenvalue weighted by atomic mass is 16.7. The molecule has 0 unspecified atom stereocenters. The molecular weight excluding hydrogens is 422 g/mol. The summed E-state index contributed by atoms with van der Waals surface area (Å²) in [6.07, 6.45) is 4.29. The molecule has 10 nitrogen and oxygen atoms in total. The van der Waals surface area contributed by atoms with Gasteiger partial charge in [0.2, 0.25) is 18.6 Å². The SMILES string of the molecule is CC(C)n1cnc2c(NCCCN3CCCC3=O)nc(NCc3ccc4c(c3)OCO4)nc21. The van der Waals surface area contributed by atoms with Crippen LogP contribution in [0.3, 0.4) is 0 Å². The van der Waals surface area contributed by atoms with Crippen LogP contribution in [0.2, 0.25) is 0 Å². The molecule has 4 heterocycles. The molecule has 2 aliphatic rings. The number of amides is 1. The molecule has 0 radical (unpaired) electrons. The lowest BCUT2D eigenvalue weighted by molar-refractivity contribution is -0.127. The van der Waals surface area contributed by atoms with Gasteiger partial charge in [0.05, 0.1) is 6.33 Å². The van der Waals surface area contributed by atoms with Gasteiger partial charge in [-0.3, -0.25) is 4.79 Å². The van der Waals surface area contributed by atoms with Crippen LogP contribution in [0, 0.1) is 0 Å². The first-order valence-corrected chi connectivity index (χ1v) is 11.5. The molecule has 0 aliphatic carbocycles. The van der Waals surface area contributed by atoms with Crippen LogP contribution in [0.15, 0.2) is 24.5 Å². The quantitative estimate of drug-likeness (QED) is 0.478. The molecule has 2 aliphatic heterocycles. The first-order chi connectivity index (χ1) is 16.1. The third-order valence-corrected chi connectivity index (χ3v) is 5.93. The Morgan fingerprint density at radius 2 is 2.03 bits per heavy atom. The molecule has 0 spiro atoms. The van der Waals surface area contributed by atoms with Crippen LogP contribution in [0.5, 0.6) is 11.5 Å². The van der Waals surface area contributed by atoms with Crippen LogP contribution < -0.4 is 20.1 Å². The molecule has 1 saturated heterocycles. The molecule has 10 heteroatoms. The number of nitrogens with one attached hydrogen (secondary N) is 2. The minimum atomic E-state index is 0.223. The van der Waals surface area contributed by atoms with Crippen molar-refractivity contribution in [1.29, 1.82) is 0 Å². The third kappa shape index (κ3) is 4.50. The van der Waals surface area contributed by atoms with Crippen LogP contribution >= 0.6 is 0 Å². The Bertz CT molecular complexity index is 1160. The first-order valence-electron chi connectivity index (χ1n) is 11.5. The molecule has 1 fully saturated rings. The number of anilines is 2. The Hall–Kier alpha value is -3.56. The Morgan fingerprint density at radius 1 is 1.15 bits per heavy atom. The van der Waals surface area contributed by atoms with Crippen LogP contribution in [0.1, 0.15) is 44.7 Å². The lowest BCUT2D eigenvalue weighted by Crippen LogP contribution is -2.27. The number of nitrogens with zero attached hydrogens (tertiary/aromatic N) is 5. The highest BCUT2D eigenvalue weighted by molar-refractivity contribution is 5.84. The van der Waals surface area contributed by atoms with Crippen LogP contribution in [0.4, 0.5) is 11.8 Å². The number of carbonyl (C=O) groups excluding carboxylic acids is 1. The molecule has 1 aromatic carbocycles. The van der Waals surface area contributed by atoms with Gasteiger partial charge in [-0.2, -0.15) is 9.97 Å². The number of hydrogen-bond acceptors (Lipinski definition) is 8. The molecule has 0 bridgehead atoms. The number of hydrogen-bond donors (Lipinski definition) is 2. The number of carbonyl (C=O) groups is 1. The zero-order chi connectivity index (χ0) is 22.8. The van der Waals surface area contributed by atoms with Gasteiger partial charge >= 0.3 is 0 Å². The topological polar surface area (TPSA) is 106 Å². The van der Waals surface area contributed by atoms with Crippen molar-refractivity contribution >= 4 is 28.8 Å². The molecule has 2 N–H and O–H groups in total. The summed E-state index contributed by atoms with van der Waals surface area (Å²) < 4.78 is 12.9. The van der Waals surface area contributed by atoms with E-state index in [9.17, 15) is 4.79 Å². The molecule has 2 aromatic heterocycles. The zero-order valence-corrected chi connectivity index (χ0v) is 19.0. The molecule has 0 saturated carbocycles. The highest BCUT2D eigenvalue weighted by Crippen LogP contribution is 2.32. The zero-order valence-electron chi connectivity index (χ0n) is 19.0. The summed E-state index contributed by atoms with van der Waals surface area (Å²) in [5.74, 6) is 2.99. The summed E-state index contributed by atoms with van der Waals surface area (Å²) in [5.41, 5.74) is 2.57. The molecule has 0 atom stereocenters. The van der Waals surface area contributed by atoms with Crippen molar-refractivity contribution in [3.8, 4) is 11.5 Å². The van der Waals surface area contributed by atoms with Crippen molar-refractivity contribution < 1.29 is 14.3 Å². The Balaban J connectivity index is 1.31. The van der Waals surface area contributed by atoms with Gasteiger partial charge in [-0.05, 0) is 44.4 Å². The van der Waals surface area contributed by atoms with Gasteiger partial charge in [-0.25, -0.2) is 4.98 Å². The number of benzene rings is 1. The normalized spacial score (nSPS) is 15.1. The summed E-state index contributed by atoms with van der Waals surface area (Å²) >= 11 is 0. The summed E-state index contributed by atoms with van der Waals surface area (Å²) in [5, 5.41) is 6.74. The van der Waals surface area contributed by atoms with E-state index in [0.717, 1.165) is 54.2 Å². The van der Waals surface area contributed by atoms with Crippen molar-refractivity contribution in [3.05, 3.63) is 30.1 Å². The molecule has 174 valence electrons. The van der Waals surface area contributed by atoms with Crippen LogP contribution in [-0.2, 0) is 11.3 Å². The summed E-state index contributed by atoms with van der Waals surface area (Å²) in [6.45, 7) is 7.33. The van der Waals surface area contributed by atoms with Gasteiger partial charge in [0, 0.05) is 38.6 Å². The number of imidazole rings is 1. The molecule has 33 heavy (non-hydrogen) atoms. The van der Waals surface area contributed by atoms with E-state index in [1.807, 2.05) is 27.7 Å². The number of rotatable bonds is 9. The van der Waals surface area contributed by atoms with E-state index >= 15 is 0 Å². The summed E-state index contributed by atoms with van der Waals surface area (Å²) in [7, 11) is 0.